The minimum atomic E-state index is -0.0789. The van der Waals surface area contributed by atoms with Crippen LogP contribution in [0.5, 0.6) is 0 Å². The van der Waals surface area contributed by atoms with E-state index in [-0.39, 0.29) is 17.9 Å². The first-order valence-corrected chi connectivity index (χ1v) is 10.7. The molecule has 2 amide bonds. The van der Waals surface area contributed by atoms with E-state index in [2.05, 4.69) is 18.7 Å². The van der Waals surface area contributed by atoms with Crippen molar-refractivity contribution in [2.24, 2.45) is 11.8 Å². The van der Waals surface area contributed by atoms with E-state index < -0.39 is 0 Å². The van der Waals surface area contributed by atoms with Crippen molar-refractivity contribution in [3.05, 3.63) is 24.2 Å². The third-order valence-electron chi connectivity index (χ3n) is 6.09. The van der Waals surface area contributed by atoms with E-state index in [1.807, 2.05) is 24.1 Å². The normalized spacial score (nSPS) is 19.9. The Morgan fingerprint density at radius 2 is 1.86 bits per heavy atom. The van der Waals surface area contributed by atoms with Crippen LogP contribution in [0, 0.1) is 11.8 Å². The zero-order chi connectivity index (χ0) is 20.1. The quantitative estimate of drug-likeness (QED) is 0.719. The Morgan fingerprint density at radius 1 is 1.18 bits per heavy atom. The fourth-order valence-electron chi connectivity index (χ4n) is 4.60. The lowest BCUT2D eigenvalue weighted by atomic mass is 9.94. The lowest BCUT2D eigenvalue weighted by Gasteiger charge is -2.42. The molecule has 28 heavy (non-hydrogen) atoms. The molecule has 0 unspecified atom stereocenters. The van der Waals surface area contributed by atoms with Gasteiger partial charge in [-0.3, -0.25) is 14.5 Å². The van der Waals surface area contributed by atoms with Gasteiger partial charge in [-0.25, -0.2) is 0 Å². The summed E-state index contributed by atoms with van der Waals surface area (Å²) in [5, 5.41) is 0. The van der Waals surface area contributed by atoms with Crippen molar-refractivity contribution in [3.8, 4) is 0 Å². The Kier molecular flexibility index (Phi) is 7.16. The topological polar surface area (TPSA) is 57.0 Å². The van der Waals surface area contributed by atoms with E-state index in [1.54, 1.807) is 11.2 Å². The molecule has 6 nitrogen and oxygen atoms in total. The Balaban J connectivity index is 1.64. The molecular weight excluding hydrogens is 354 g/mol. The van der Waals surface area contributed by atoms with Gasteiger partial charge in [0.1, 0.15) is 5.76 Å². The summed E-state index contributed by atoms with van der Waals surface area (Å²) in [4.78, 5) is 31.9. The highest BCUT2D eigenvalue weighted by Gasteiger charge is 2.38. The molecule has 1 aliphatic heterocycles. The van der Waals surface area contributed by atoms with Crippen molar-refractivity contribution in [2.75, 3.05) is 33.2 Å². The molecular formula is C22H35N3O3. The molecule has 0 N–H and O–H groups in total. The van der Waals surface area contributed by atoms with Gasteiger partial charge in [-0.15, -0.1) is 0 Å². The minimum Gasteiger partial charge on any atom is -0.467 e. The van der Waals surface area contributed by atoms with Crippen LogP contribution in [-0.2, 0) is 16.1 Å². The first-order chi connectivity index (χ1) is 13.5. The smallest absolute Gasteiger partial charge is 0.240 e. The zero-order valence-corrected chi connectivity index (χ0v) is 17.6. The maximum absolute atomic E-state index is 13.4. The molecule has 0 radical (unpaired) electrons. The monoisotopic (exact) mass is 389 g/mol. The molecule has 1 saturated heterocycles. The van der Waals surface area contributed by atoms with Crippen LogP contribution >= 0.6 is 0 Å². The minimum absolute atomic E-state index is 0.0789. The average molecular weight is 390 g/mol. The molecule has 1 atom stereocenters. The summed E-state index contributed by atoms with van der Waals surface area (Å²) in [6.45, 7) is 7.68. The molecule has 0 aromatic carbocycles. The van der Waals surface area contributed by atoms with E-state index >= 15 is 0 Å². The predicted octanol–water partition coefficient (Wildman–Crippen LogP) is 2.99. The number of likely N-dealkylation sites (N-methyl/N-ethyl adjacent to an activating group) is 1. The molecule has 2 fully saturated rings. The maximum Gasteiger partial charge on any atom is 0.240 e. The second kappa shape index (κ2) is 9.59. The Morgan fingerprint density at radius 3 is 2.43 bits per heavy atom. The van der Waals surface area contributed by atoms with E-state index in [0.29, 0.717) is 24.8 Å². The predicted molar refractivity (Wildman–Crippen MR) is 109 cm³/mol. The summed E-state index contributed by atoms with van der Waals surface area (Å²) < 4.78 is 5.43. The van der Waals surface area contributed by atoms with Gasteiger partial charge in [0.2, 0.25) is 11.8 Å². The summed E-state index contributed by atoms with van der Waals surface area (Å²) in [6, 6.07) is 3.69. The van der Waals surface area contributed by atoms with Gasteiger partial charge in [-0.2, -0.15) is 0 Å². The Bertz CT molecular complexity index is 629. The van der Waals surface area contributed by atoms with Gasteiger partial charge in [0.25, 0.3) is 0 Å². The van der Waals surface area contributed by atoms with Gasteiger partial charge in [0, 0.05) is 39.6 Å². The van der Waals surface area contributed by atoms with Crippen LogP contribution in [-0.4, -0.2) is 65.8 Å². The van der Waals surface area contributed by atoms with Crippen molar-refractivity contribution in [2.45, 2.75) is 58.5 Å². The number of carbonyl (C=O) groups excluding carboxylic acids is 2. The van der Waals surface area contributed by atoms with Gasteiger partial charge >= 0.3 is 0 Å². The second-order valence-corrected chi connectivity index (χ2v) is 8.78. The second-order valence-electron chi connectivity index (χ2n) is 8.78. The third kappa shape index (κ3) is 5.16. The number of nitrogens with zero attached hydrogens (tertiary/aromatic N) is 3. The number of amides is 2. The number of furan rings is 1. The fraction of sp³-hybridized carbons (Fsp3) is 0.727. The molecule has 2 heterocycles. The van der Waals surface area contributed by atoms with Gasteiger partial charge in [-0.1, -0.05) is 26.7 Å². The van der Waals surface area contributed by atoms with Gasteiger partial charge in [-0.05, 0) is 36.8 Å². The number of hydrogen-bond acceptors (Lipinski definition) is 4. The van der Waals surface area contributed by atoms with E-state index in [4.69, 9.17) is 4.42 Å². The average Bonchev–Trinajstić information content (AvgIpc) is 3.36. The highest BCUT2D eigenvalue weighted by Crippen LogP contribution is 2.32. The van der Waals surface area contributed by atoms with Gasteiger partial charge in [0.05, 0.1) is 18.8 Å². The number of piperazine rings is 1. The number of hydrogen-bond donors (Lipinski definition) is 0. The van der Waals surface area contributed by atoms with E-state index in [9.17, 15) is 9.59 Å². The molecule has 1 aromatic rings. The van der Waals surface area contributed by atoms with Crippen molar-refractivity contribution < 1.29 is 14.0 Å². The van der Waals surface area contributed by atoms with Crippen LogP contribution in [0.3, 0.4) is 0 Å². The Hall–Kier alpha value is -1.82. The highest BCUT2D eigenvalue weighted by atomic mass is 16.3. The summed E-state index contributed by atoms with van der Waals surface area (Å²) in [5.74, 6) is 2.04. The zero-order valence-electron chi connectivity index (χ0n) is 17.6. The van der Waals surface area contributed by atoms with Crippen molar-refractivity contribution >= 4 is 11.8 Å². The van der Waals surface area contributed by atoms with Crippen LogP contribution in [0.4, 0.5) is 0 Å². The fourth-order valence-corrected chi connectivity index (χ4v) is 4.60. The summed E-state index contributed by atoms with van der Waals surface area (Å²) in [7, 11) is 1.87. The van der Waals surface area contributed by atoms with Crippen LogP contribution in [0.25, 0.3) is 0 Å². The van der Waals surface area contributed by atoms with Crippen molar-refractivity contribution in [1.29, 1.82) is 0 Å². The Labute approximate surface area is 168 Å². The van der Waals surface area contributed by atoms with Crippen LogP contribution in [0.2, 0.25) is 0 Å². The van der Waals surface area contributed by atoms with E-state index in [1.165, 1.54) is 12.8 Å². The first-order valence-electron chi connectivity index (χ1n) is 10.7. The molecule has 156 valence electrons. The standard InChI is InChI=1S/C22H35N3O3/c1-17(2)15-20(26)24-10-12-25(13-11-24)21(18-7-4-5-8-18)22(27)23(3)16-19-9-6-14-28-19/h6,9,14,17-18,21H,4-5,7-8,10-13,15-16H2,1-3H3/t21-/m0/s1. The molecule has 6 heteroatoms. The first kappa shape index (κ1) is 20.9. The van der Waals surface area contributed by atoms with Crippen LogP contribution < -0.4 is 0 Å². The largest absolute Gasteiger partial charge is 0.467 e. The van der Waals surface area contributed by atoms with E-state index in [0.717, 1.165) is 44.8 Å². The van der Waals surface area contributed by atoms with Crippen LogP contribution in [0.1, 0.15) is 51.7 Å². The highest BCUT2D eigenvalue weighted by molar-refractivity contribution is 5.82. The summed E-state index contributed by atoms with van der Waals surface area (Å²) >= 11 is 0. The molecule has 0 spiro atoms. The summed E-state index contributed by atoms with van der Waals surface area (Å²) in [5.41, 5.74) is 0. The molecule has 1 aliphatic carbocycles. The molecule has 1 aromatic heterocycles. The SMILES string of the molecule is CC(C)CC(=O)N1CCN([C@H](C(=O)N(C)Cc2ccco2)C2CCCC2)CC1. The molecule has 0 bridgehead atoms. The molecule has 2 aliphatic rings. The lowest BCUT2D eigenvalue weighted by Crippen LogP contribution is -2.58. The molecule has 1 saturated carbocycles. The van der Waals surface area contributed by atoms with Gasteiger partial charge < -0.3 is 14.2 Å². The van der Waals surface area contributed by atoms with Crippen LogP contribution in [0.15, 0.2) is 22.8 Å². The number of rotatable bonds is 7. The third-order valence-corrected chi connectivity index (χ3v) is 6.09. The number of carbonyl (C=O) groups is 2. The molecule has 3 rings (SSSR count). The van der Waals surface area contributed by atoms with Gasteiger partial charge in [0.15, 0.2) is 0 Å². The maximum atomic E-state index is 13.4. The lowest BCUT2D eigenvalue weighted by molar-refractivity contribution is -0.141. The van der Waals surface area contributed by atoms with Crippen molar-refractivity contribution in [3.63, 3.8) is 0 Å². The van der Waals surface area contributed by atoms with Crippen molar-refractivity contribution in [1.82, 2.24) is 14.7 Å². The summed E-state index contributed by atoms with van der Waals surface area (Å²) in [6.07, 6.45) is 6.92.